The average Bonchev–Trinajstić information content (AvgIpc) is 2.56. The fourth-order valence-electron chi connectivity index (χ4n) is 1.58. The number of nitrogens with zero attached hydrogens (tertiary/aromatic N) is 3. The predicted molar refractivity (Wildman–Crippen MR) is 53.0 cm³/mol. The molecule has 0 radical (unpaired) electrons. The van der Waals surface area contributed by atoms with E-state index in [4.69, 9.17) is 10.5 Å². The third kappa shape index (κ3) is 1.93. The molecule has 2 rings (SSSR count). The molecule has 1 atom stereocenters. The van der Waals surface area contributed by atoms with Crippen molar-refractivity contribution in [1.29, 1.82) is 0 Å². The second-order valence-corrected chi connectivity index (χ2v) is 3.57. The van der Waals surface area contributed by atoms with Crippen LogP contribution < -0.4 is 10.5 Å². The van der Waals surface area contributed by atoms with E-state index >= 15 is 0 Å². The van der Waals surface area contributed by atoms with Gasteiger partial charge in [0, 0.05) is 13.1 Å². The van der Waals surface area contributed by atoms with Crippen LogP contribution in [0.4, 0.5) is 5.69 Å². The Morgan fingerprint density at radius 1 is 1.64 bits per heavy atom. The first-order chi connectivity index (χ1) is 6.75. The highest BCUT2D eigenvalue weighted by Gasteiger charge is 2.21. The van der Waals surface area contributed by atoms with E-state index in [1.54, 1.807) is 6.20 Å². The molecule has 0 saturated carbocycles. The van der Waals surface area contributed by atoms with Crippen LogP contribution in [0.2, 0.25) is 0 Å². The number of likely N-dealkylation sites (N-methyl/N-ethyl adjacent to an activating group) is 1. The van der Waals surface area contributed by atoms with Crippen molar-refractivity contribution in [2.45, 2.75) is 12.5 Å². The molecule has 14 heavy (non-hydrogen) atoms. The third-order valence-electron chi connectivity index (χ3n) is 2.33. The molecule has 0 spiro atoms. The molecule has 2 N–H and O–H groups in total. The molecule has 1 fully saturated rings. The summed E-state index contributed by atoms with van der Waals surface area (Å²) in [4.78, 5) is 10.0. The minimum absolute atomic E-state index is 0.206. The number of nitrogen functional groups attached to an aromatic ring is 1. The van der Waals surface area contributed by atoms with Gasteiger partial charge in [-0.2, -0.15) is 4.98 Å². The highest BCUT2D eigenvalue weighted by atomic mass is 16.5. The smallest absolute Gasteiger partial charge is 0.240 e. The standard InChI is InChI=1S/C9H14N4O/c1-13-3-2-7(5-13)14-9-8(10)4-11-6-12-9/h4,6-7H,2-3,5,10H2,1H3/t7-/m0/s1. The van der Waals surface area contributed by atoms with Crippen molar-refractivity contribution in [2.24, 2.45) is 0 Å². The second-order valence-electron chi connectivity index (χ2n) is 3.57. The van der Waals surface area contributed by atoms with Gasteiger partial charge >= 0.3 is 0 Å². The number of likely N-dealkylation sites (tertiary alicyclic amines) is 1. The predicted octanol–water partition coefficient (Wildman–Crippen LogP) is 0.142. The van der Waals surface area contributed by atoms with E-state index in [9.17, 15) is 0 Å². The average molecular weight is 194 g/mol. The minimum atomic E-state index is 0.206. The summed E-state index contributed by atoms with van der Waals surface area (Å²) in [6, 6.07) is 0. The molecule has 5 nitrogen and oxygen atoms in total. The molecule has 0 amide bonds. The molecule has 0 unspecified atom stereocenters. The molecule has 1 saturated heterocycles. The molecule has 0 bridgehead atoms. The number of nitrogens with two attached hydrogens (primary N) is 1. The normalized spacial score (nSPS) is 22.5. The van der Waals surface area contributed by atoms with Crippen LogP contribution in [0.15, 0.2) is 12.5 Å². The molecule has 5 heteroatoms. The summed E-state index contributed by atoms with van der Waals surface area (Å²) < 4.78 is 5.66. The summed E-state index contributed by atoms with van der Waals surface area (Å²) in [5.41, 5.74) is 6.17. The number of hydrogen-bond acceptors (Lipinski definition) is 5. The Labute approximate surface area is 82.9 Å². The lowest BCUT2D eigenvalue weighted by Crippen LogP contribution is -2.22. The summed E-state index contributed by atoms with van der Waals surface area (Å²) >= 11 is 0. The third-order valence-corrected chi connectivity index (χ3v) is 2.33. The Morgan fingerprint density at radius 2 is 2.50 bits per heavy atom. The van der Waals surface area contributed by atoms with Gasteiger partial charge < -0.3 is 15.4 Å². The first kappa shape index (κ1) is 9.21. The highest BCUT2D eigenvalue weighted by molar-refractivity contribution is 5.44. The van der Waals surface area contributed by atoms with E-state index in [0.29, 0.717) is 11.6 Å². The van der Waals surface area contributed by atoms with Gasteiger partial charge in [-0.1, -0.05) is 0 Å². The quantitative estimate of drug-likeness (QED) is 0.725. The van der Waals surface area contributed by atoms with Crippen molar-refractivity contribution in [3.63, 3.8) is 0 Å². The molecule has 76 valence electrons. The van der Waals surface area contributed by atoms with E-state index in [0.717, 1.165) is 19.5 Å². The number of anilines is 1. The fraction of sp³-hybridized carbons (Fsp3) is 0.556. The summed E-state index contributed by atoms with van der Waals surface area (Å²) in [5, 5.41) is 0. The maximum absolute atomic E-state index is 5.67. The van der Waals surface area contributed by atoms with E-state index in [-0.39, 0.29) is 6.10 Å². The molecule has 1 aliphatic rings. The molecule has 1 aromatic heterocycles. The van der Waals surface area contributed by atoms with Crippen molar-refractivity contribution < 1.29 is 4.74 Å². The Morgan fingerprint density at radius 3 is 3.14 bits per heavy atom. The van der Waals surface area contributed by atoms with Gasteiger partial charge in [-0.25, -0.2) is 4.98 Å². The van der Waals surface area contributed by atoms with Crippen molar-refractivity contribution in [2.75, 3.05) is 25.9 Å². The van der Waals surface area contributed by atoms with Crippen molar-refractivity contribution in [1.82, 2.24) is 14.9 Å². The van der Waals surface area contributed by atoms with Crippen molar-refractivity contribution >= 4 is 5.69 Å². The first-order valence-corrected chi connectivity index (χ1v) is 4.66. The zero-order valence-electron chi connectivity index (χ0n) is 8.18. The van der Waals surface area contributed by atoms with Gasteiger partial charge in [-0.3, -0.25) is 0 Å². The van der Waals surface area contributed by atoms with Crippen molar-refractivity contribution in [3.05, 3.63) is 12.5 Å². The molecular formula is C9H14N4O. The first-order valence-electron chi connectivity index (χ1n) is 4.66. The highest BCUT2D eigenvalue weighted by Crippen LogP contribution is 2.19. The lowest BCUT2D eigenvalue weighted by Gasteiger charge is -2.13. The van der Waals surface area contributed by atoms with Gasteiger partial charge in [0.05, 0.1) is 6.20 Å². The Bertz CT molecular complexity index is 317. The number of aromatic nitrogens is 2. The van der Waals surface area contributed by atoms with E-state index in [1.807, 2.05) is 0 Å². The molecule has 1 aliphatic heterocycles. The number of ether oxygens (including phenoxy) is 1. The van der Waals surface area contributed by atoms with Gasteiger partial charge in [0.25, 0.3) is 0 Å². The van der Waals surface area contributed by atoms with Gasteiger partial charge in [0.2, 0.25) is 5.88 Å². The van der Waals surface area contributed by atoms with Crippen LogP contribution in [-0.4, -0.2) is 41.1 Å². The van der Waals surface area contributed by atoms with Crippen LogP contribution in [0.5, 0.6) is 5.88 Å². The SMILES string of the molecule is CN1CC[C@H](Oc2ncncc2N)C1. The summed E-state index contributed by atoms with van der Waals surface area (Å²) in [7, 11) is 2.08. The van der Waals surface area contributed by atoms with Crippen LogP contribution >= 0.6 is 0 Å². The topological polar surface area (TPSA) is 64.3 Å². The zero-order valence-corrected chi connectivity index (χ0v) is 8.18. The van der Waals surface area contributed by atoms with Crippen molar-refractivity contribution in [3.8, 4) is 5.88 Å². The summed E-state index contributed by atoms with van der Waals surface area (Å²) in [5.74, 6) is 0.500. The monoisotopic (exact) mass is 194 g/mol. The van der Waals surface area contributed by atoms with Crippen LogP contribution in [0.3, 0.4) is 0 Å². The molecule has 0 aliphatic carbocycles. The summed E-state index contributed by atoms with van der Waals surface area (Å²) in [6.45, 7) is 2.00. The molecule has 1 aromatic rings. The summed E-state index contributed by atoms with van der Waals surface area (Å²) in [6.07, 6.45) is 4.24. The van der Waals surface area contributed by atoms with Gasteiger partial charge in [-0.15, -0.1) is 0 Å². The largest absolute Gasteiger partial charge is 0.471 e. The van der Waals surface area contributed by atoms with Gasteiger partial charge in [0.1, 0.15) is 18.1 Å². The van der Waals surface area contributed by atoms with E-state index in [1.165, 1.54) is 6.33 Å². The lowest BCUT2D eigenvalue weighted by atomic mass is 10.3. The maximum atomic E-state index is 5.67. The molecule has 0 aromatic carbocycles. The number of hydrogen-bond donors (Lipinski definition) is 1. The van der Waals surface area contributed by atoms with Gasteiger partial charge in [-0.05, 0) is 13.5 Å². The van der Waals surface area contributed by atoms with E-state index < -0.39 is 0 Å². The van der Waals surface area contributed by atoms with Crippen LogP contribution in [-0.2, 0) is 0 Å². The fourth-order valence-corrected chi connectivity index (χ4v) is 1.58. The number of rotatable bonds is 2. The molecular weight excluding hydrogens is 180 g/mol. The maximum Gasteiger partial charge on any atom is 0.240 e. The zero-order chi connectivity index (χ0) is 9.97. The van der Waals surface area contributed by atoms with Crippen LogP contribution in [0.1, 0.15) is 6.42 Å². The van der Waals surface area contributed by atoms with Crippen LogP contribution in [0, 0.1) is 0 Å². The molecule has 2 heterocycles. The van der Waals surface area contributed by atoms with Crippen LogP contribution in [0.25, 0.3) is 0 Å². The Kier molecular flexibility index (Phi) is 2.49. The minimum Gasteiger partial charge on any atom is -0.471 e. The lowest BCUT2D eigenvalue weighted by molar-refractivity contribution is 0.201. The van der Waals surface area contributed by atoms with Gasteiger partial charge in [0.15, 0.2) is 0 Å². The Hall–Kier alpha value is -1.36. The van der Waals surface area contributed by atoms with E-state index in [2.05, 4.69) is 21.9 Å². The second kappa shape index (κ2) is 3.79. The Balaban J connectivity index is 2.01.